The number of hydrogen-bond acceptors (Lipinski definition) is 10. The second-order valence-electron chi connectivity index (χ2n) is 13.5. The summed E-state index contributed by atoms with van der Waals surface area (Å²) >= 11 is 0. The van der Waals surface area contributed by atoms with Crippen molar-refractivity contribution in [2.45, 2.75) is 69.6 Å². The van der Waals surface area contributed by atoms with E-state index in [9.17, 15) is 14.6 Å². The summed E-state index contributed by atoms with van der Waals surface area (Å²) < 4.78 is 42.8. The summed E-state index contributed by atoms with van der Waals surface area (Å²) in [5.41, 5.74) is 5.64. The van der Waals surface area contributed by atoms with Crippen molar-refractivity contribution in [2.75, 3.05) is 44.8 Å². The number of ether oxygens (including phenoxy) is 2. The van der Waals surface area contributed by atoms with Gasteiger partial charge >= 0.3 is 6.01 Å². The Morgan fingerprint density at radius 1 is 1.12 bits per heavy atom. The third-order valence-corrected chi connectivity index (χ3v) is 10.1. The number of fused-ring (bicyclic) bond motifs is 3. The monoisotopic (exact) mass is 678 g/mol. The number of pyridine rings is 1. The molecule has 11 nitrogen and oxygen atoms in total. The number of piperidine rings is 1. The second kappa shape index (κ2) is 14.4. The third kappa shape index (κ3) is 7.16. The average Bonchev–Trinajstić information content (AvgIpc) is 3.67. The van der Waals surface area contributed by atoms with Crippen LogP contribution >= 0.6 is 0 Å². The van der Waals surface area contributed by atoms with Gasteiger partial charge < -0.3 is 30.3 Å². The van der Waals surface area contributed by atoms with Gasteiger partial charge in [-0.2, -0.15) is 9.97 Å². The van der Waals surface area contributed by atoms with E-state index in [0.29, 0.717) is 36.3 Å². The van der Waals surface area contributed by atoms with E-state index in [0.717, 1.165) is 55.1 Å². The van der Waals surface area contributed by atoms with Crippen LogP contribution in [0.1, 0.15) is 51.0 Å². The lowest BCUT2D eigenvalue weighted by Crippen LogP contribution is -2.43. The minimum atomic E-state index is -2.29. The lowest BCUT2D eigenvalue weighted by Gasteiger charge is -2.35. The predicted octanol–water partition coefficient (Wildman–Crippen LogP) is 4.49. The lowest BCUT2D eigenvalue weighted by atomic mass is 9.94. The summed E-state index contributed by atoms with van der Waals surface area (Å²) in [6.07, 6.45) is 5.80. The highest BCUT2D eigenvalue weighted by molar-refractivity contribution is 6.00. The fourth-order valence-electron chi connectivity index (χ4n) is 7.85. The van der Waals surface area contributed by atoms with Gasteiger partial charge in [-0.1, -0.05) is 43.3 Å². The van der Waals surface area contributed by atoms with Crippen LogP contribution in [0.5, 0.6) is 6.01 Å². The summed E-state index contributed by atoms with van der Waals surface area (Å²) in [6.45, 7) is 5.27. The van der Waals surface area contributed by atoms with E-state index >= 15 is 4.39 Å². The molecule has 4 aromatic rings. The summed E-state index contributed by atoms with van der Waals surface area (Å²) in [7, 11) is 1.23. The maximum absolute atomic E-state index is 16.9. The number of hydrogen-bond donors (Lipinski definition) is 3. The Balaban J connectivity index is 0.00000134. The normalized spacial score (nSPS) is 20.7. The third-order valence-electron chi connectivity index (χ3n) is 10.1. The zero-order chi connectivity index (χ0) is 34.8. The molecular formula is C36H44F2N6O5. The number of aryl methyl sites for hydroxylation is 1. The molecule has 2 aromatic heterocycles. The van der Waals surface area contributed by atoms with Gasteiger partial charge in [0.05, 0.1) is 17.5 Å². The molecule has 0 bridgehead atoms. The molecule has 3 saturated heterocycles. The molecule has 0 aliphatic carbocycles. The number of nitrogens with two attached hydrogens (primary N) is 1. The van der Waals surface area contributed by atoms with Crippen LogP contribution in [0.15, 0.2) is 42.6 Å². The fourth-order valence-corrected chi connectivity index (χ4v) is 7.85. The number of anilines is 1. The molecule has 2 unspecified atom stereocenters. The highest BCUT2D eigenvalue weighted by atomic mass is 19.1. The van der Waals surface area contributed by atoms with Crippen LogP contribution in [-0.2, 0) is 16.0 Å². The summed E-state index contributed by atoms with van der Waals surface area (Å²) in [5.74, 6) is -2.37. The van der Waals surface area contributed by atoms with Gasteiger partial charge in [-0.25, -0.2) is 8.78 Å². The topological polar surface area (TPSA) is 147 Å². The number of aliphatic hydroxyl groups is 2. The Hall–Kier alpha value is -4.04. The smallest absolute Gasteiger partial charge is 0.319 e. The zero-order valence-electron chi connectivity index (χ0n) is 27.9. The van der Waals surface area contributed by atoms with Crippen molar-refractivity contribution in [1.82, 2.24) is 19.9 Å². The molecule has 0 radical (unpaired) electrons. The highest BCUT2D eigenvalue weighted by Gasteiger charge is 2.45. The maximum Gasteiger partial charge on any atom is 0.319 e. The van der Waals surface area contributed by atoms with Gasteiger partial charge in [-0.15, -0.1) is 0 Å². The van der Waals surface area contributed by atoms with Crippen molar-refractivity contribution in [3.63, 3.8) is 0 Å². The Labute approximate surface area is 284 Å². The van der Waals surface area contributed by atoms with Gasteiger partial charge in [-0.3, -0.25) is 14.7 Å². The van der Waals surface area contributed by atoms with Crippen molar-refractivity contribution >= 4 is 33.9 Å². The van der Waals surface area contributed by atoms with Gasteiger partial charge in [-0.05, 0) is 73.9 Å². The number of primary amides is 1. The zero-order valence-corrected chi connectivity index (χ0v) is 27.9. The molecule has 3 aliphatic heterocycles. The van der Waals surface area contributed by atoms with E-state index in [4.69, 9.17) is 19.3 Å². The number of nitrogens with zero attached hydrogens (tertiary/aromatic N) is 5. The molecule has 0 saturated carbocycles. The van der Waals surface area contributed by atoms with Crippen molar-refractivity contribution in [1.29, 1.82) is 0 Å². The van der Waals surface area contributed by atoms with Crippen LogP contribution in [0.3, 0.4) is 0 Å². The molecule has 262 valence electrons. The molecule has 13 heteroatoms. The number of amides is 1. The van der Waals surface area contributed by atoms with Gasteiger partial charge in [0.15, 0.2) is 5.82 Å². The largest absolute Gasteiger partial charge is 0.461 e. The van der Waals surface area contributed by atoms with Crippen LogP contribution < -0.4 is 15.4 Å². The van der Waals surface area contributed by atoms with E-state index in [-0.39, 0.29) is 54.5 Å². The predicted molar refractivity (Wildman–Crippen MR) is 182 cm³/mol. The Bertz CT molecular complexity index is 1780. The Kier molecular flexibility index (Phi) is 10.3. The Morgan fingerprint density at radius 2 is 1.84 bits per heavy atom. The van der Waals surface area contributed by atoms with Crippen LogP contribution in [0, 0.1) is 11.7 Å². The molecule has 3 fully saturated rings. The minimum absolute atomic E-state index is 0.0486. The molecule has 1 amide bonds. The molecule has 2 aromatic carbocycles. The van der Waals surface area contributed by atoms with Gasteiger partial charge in [0, 0.05) is 31.8 Å². The van der Waals surface area contributed by atoms with Crippen LogP contribution in [0.2, 0.25) is 0 Å². The van der Waals surface area contributed by atoms with Crippen molar-refractivity contribution < 1.29 is 33.3 Å². The van der Waals surface area contributed by atoms with Crippen molar-refractivity contribution in [3.05, 3.63) is 54.0 Å². The molecule has 7 rings (SSSR count). The number of rotatable bonds is 9. The molecular weight excluding hydrogens is 634 g/mol. The first-order chi connectivity index (χ1) is 23.6. The first-order valence-electron chi connectivity index (χ1n) is 16.9. The average molecular weight is 679 g/mol. The number of carbonyl (C=O) groups excluding carboxylic acids is 1. The van der Waals surface area contributed by atoms with Crippen LogP contribution in [0.25, 0.3) is 32.9 Å². The van der Waals surface area contributed by atoms with Gasteiger partial charge in [0.25, 0.3) is 5.97 Å². The highest BCUT2D eigenvalue weighted by Crippen LogP contribution is 2.40. The maximum atomic E-state index is 16.9. The lowest BCUT2D eigenvalue weighted by molar-refractivity contribution is -0.328. The van der Waals surface area contributed by atoms with Crippen molar-refractivity contribution in [2.24, 2.45) is 11.7 Å². The number of alkyl halides is 1. The van der Waals surface area contributed by atoms with E-state index in [1.165, 1.54) is 7.11 Å². The number of carbonyl (C=O) groups is 1. The number of aromatic nitrogens is 3. The molecule has 4 N–H and O–H groups in total. The van der Waals surface area contributed by atoms with E-state index < -0.39 is 18.0 Å². The summed E-state index contributed by atoms with van der Waals surface area (Å²) in [5, 5.41) is 22.1. The van der Waals surface area contributed by atoms with Crippen LogP contribution in [-0.4, -0.2) is 94.1 Å². The molecule has 2 atom stereocenters. The summed E-state index contributed by atoms with van der Waals surface area (Å²) in [4.78, 5) is 27.0. The number of halogens is 2. The van der Waals surface area contributed by atoms with Gasteiger partial charge in [0.2, 0.25) is 6.41 Å². The first kappa shape index (κ1) is 34.8. The molecule has 0 spiro atoms. The van der Waals surface area contributed by atoms with Crippen molar-refractivity contribution in [3.8, 4) is 17.3 Å². The number of methoxy groups -OCH3 is 1. The standard InChI is InChI=1S/C35H41F2N5O4.CH3NO/c1-22-17-25(36)20-41(19-22)32-27-18-38-30(26-10-4-9-23-7-3-8-24(28(23)26)11-14-35(43,44)45-2)29(37)31(27)39-33(40-32)46-21-34-12-5-15-42(34)16-6-13-34;2-1-3/h3-4,7-10,18,22,25,43-44H,5-6,11-17,19-21H2,1-2H3;1H,(H2,2,3). The Morgan fingerprint density at radius 3 is 2.53 bits per heavy atom. The van der Waals surface area contributed by atoms with Crippen LogP contribution in [0.4, 0.5) is 14.6 Å². The number of benzene rings is 2. The quantitative estimate of drug-likeness (QED) is 0.171. The molecule has 5 heterocycles. The van der Waals surface area contributed by atoms with E-state index in [2.05, 4.69) is 20.6 Å². The van der Waals surface area contributed by atoms with Gasteiger partial charge in [0.1, 0.15) is 29.8 Å². The van der Waals surface area contributed by atoms with E-state index in [1.807, 2.05) is 42.2 Å². The SMILES string of the molecule is COC(O)(O)CCc1cccc2cccc(-c3ncc4c(N5CC(C)CC(F)C5)nc(OCC56CCCN5CCC6)nc4c3F)c12.NC=O. The molecule has 3 aliphatic rings. The second-order valence-corrected chi connectivity index (χ2v) is 13.5. The summed E-state index contributed by atoms with van der Waals surface area (Å²) in [6, 6.07) is 11.3. The first-order valence-corrected chi connectivity index (χ1v) is 16.9. The molecule has 49 heavy (non-hydrogen) atoms. The minimum Gasteiger partial charge on any atom is -0.461 e. The fraction of sp³-hybridized carbons (Fsp3) is 0.500. The van der Waals surface area contributed by atoms with E-state index in [1.54, 1.807) is 12.3 Å².